The molecule has 0 saturated heterocycles. The summed E-state index contributed by atoms with van der Waals surface area (Å²) in [4.78, 5) is 0. The van der Waals surface area contributed by atoms with E-state index < -0.39 is 32.9 Å². The van der Waals surface area contributed by atoms with E-state index in [0.29, 0.717) is 34.5 Å². The van der Waals surface area contributed by atoms with Gasteiger partial charge in [-0.05, 0) is 54.1 Å². The summed E-state index contributed by atoms with van der Waals surface area (Å²) in [5, 5.41) is 0. The molecule has 0 N–H and O–H groups in total. The second-order valence-electron chi connectivity index (χ2n) is 9.03. The van der Waals surface area contributed by atoms with Crippen molar-refractivity contribution in [3.63, 3.8) is 0 Å². The van der Waals surface area contributed by atoms with E-state index in [2.05, 4.69) is 0 Å². The fraction of sp³-hybridized carbons (Fsp3) is 0.111. The zero-order chi connectivity index (χ0) is 24.8. The molecule has 1 atom stereocenters. The number of hydrogen-bond donors (Lipinski definition) is 0. The van der Waals surface area contributed by atoms with Crippen molar-refractivity contribution in [2.24, 2.45) is 0 Å². The molecule has 0 radical (unpaired) electrons. The summed E-state index contributed by atoms with van der Waals surface area (Å²) in [7, 11) is -0.480. The molecule has 0 aromatic heterocycles. The molecule has 7 rings (SSSR count). The maximum absolute atomic E-state index is 6.36. The number of hydrogen-bond acceptors (Lipinski definition) is 7. The van der Waals surface area contributed by atoms with Gasteiger partial charge in [-0.3, -0.25) is 0 Å². The number of benzene rings is 4. The quantitative estimate of drug-likeness (QED) is 0.349. The van der Waals surface area contributed by atoms with Crippen LogP contribution in [-0.4, -0.2) is 28.5 Å². The van der Waals surface area contributed by atoms with Crippen molar-refractivity contribution in [2.45, 2.75) is 11.5 Å². The van der Waals surface area contributed by atoms with Crippen LogP contribution in [0, 0.1) is 0 Å². The van der Waals surface area contributed by atoms with E-state index in [1.165, 1.54) is 0 Å². The highest BCUT2D eigenvalue weighted by Crippen LogP contribution is 2.48. The maximum atomic E-state index is 6.36. The van der Waals surface area contributed by atoms with Gasteiger partial charge in [0, 0.05) is 0 Å². The lowest BCUT2D eigenvalue weighted by molar-refractivity contribution is 0.412. The summed E-state index contributed by atoms with van der Waals surface area (Å²) < 4.78 is 43.5. The molecule has 3 aliphatic heterocycles. The third-order valence-corrected chi connectivity index (χ3v) is 6.84. The Morgan fingerprint density at radius 1 is 0.486 bits per heavy atom. The van der Waals surface area contributed by atoms with Gasteiger partial charge in [-0.25, -0.2) is 0 Å². The van der Waals surface area contributed by atoms with Gasteiger partial charge in [-0.2, -0.15) is 0 Å². The van der Waals surface area contributed by atoms with Crippen LogP contribution in [0.2, 0.25) is 5.72 Å². The minimum absolute atomic E-state index is 0.406. The third-order valence-electron chi connectivity index (χ3n) is 6.84. The molecular formula is C27H21B3O7. The average Bonchev–Trinajstić information content (AvgIpc) is 3.67. The van der Waals surface area contributed by atoms with E-state index >= 15 is 0 Å². The Morgan fingerprint density at radius 2 is 0.838 bits per heavy atom. The first-order chi connectivity index (χ1) is 18.3. The number of rotatable bonds is 6. The normalized spacial score (nSPS) is 15.4. The highest BCUT2D eigenvalue weighted by Gasteiger charge is 2.62. The Balaban J connectivity index is 1.31. The summed E-state index contributed by atoms with van der Waals surface area (Å²) in [6.45, 7) is 0. The smallest absolute Gasteiger partial charge is 0.523 e. The van der Waals surface area contributed by atoms with E-state index in [1.807, 2.05) is 97.1 Å². The molecule has 0 fully saturated rings. The lowest BCUT2D eigenvalue weighted by atomic mass is 9.39. The molecule has 4 aromatic rings. The third kappa shape index (κ3) is 3.89. The van der Waals surface area contributed by atoms with Gasteiger partial charge in [0.15, 0.2) is 0 Å². The van der Waals surface area contributed by atoms with Crippen molar-refractivity contribution < 1.29 is 32.7 Å². The Bertz CT molecular complexity index is 1300. The minimum atomic E-state index is -0.722. The van der Waals surface area contributed by atoms with Crippen molar-refractivity contribution in [2.75, 3.05) is 7.11 Å². The summed E-state index contributed by atoms with van der Waals surface area (Å²) >= 11 is 0. The minimum Gasteiger partial charge on any atom is -0.523 e. The monoisotopic (exact) mass is 490 g/mol. The van der Waals surface area contributed by atoms with Gasteiger partial charge in [0.25, 0.3) is 0 Å². The Labute approximate surface area is 215 Å². The van der Waals surface area contributed by atoms with E-state index in [9.17, 15) is 0 Å². The molecule has 0 aliphatic carbocycles. The topological polar surface area (TPSA) is 64.6 Å². The molecule has 3 heterocycles. The lowest BCUT2D eigenvalue weighted by Crippen LogP contribution is -2.52. The lowest BCUT2D eigenvalue weighted by Gasteiger charge is -2.28. The molecular weight excluding hydrogens is 469 g/mol. The summed E-state index contributed by atoms with van der Waals surface area (Å²) in [6, 6.07) is 30.7. The number of methoxy groups -OCH3 is 1. The predicted molar refractivity (Wildman–Crippen MR) is 140 cm³/mol. The van der Waals surface area contributed by atoms with Crippen molar-refractivity contribution >= 4 is 21.4 Å². The summed E-state index contributed by atoms with van der Waals surface area (Å²) in [5.74, 6) is 4.36. The van der Waals surface area contributed by atoms with E-state index in [-0.39, 0.29) is 0 Å². The second-order valence-corrected chi connectivity index (χ2v) is 9.03. The standard InChI is InChI=1S/C27H21B3O7/c1-31-19-16-14-18(15-17-19)26(28-32-20-8-2-3-9-21(20)33-28)27(29-34-22-10-4-5-11-23(22)35-29)30-36-24-12-6-7-13-25(24)37-30/h2-17,26-27H,1H3. The van der Waals surface area contributed by atoms with Gasteiger partial charge in [0.1, 0.15) is 40.2 Å². The molecule has 1 unspecified atom stereocenters. The van der Waals surface area contributed by atoms with Gasteiger partial charge in [-0.1, -0.05) is 48.5 Å². The Morgan fingerprint density at radius 3 is 1.19 bits per heavy atom. The van der Waals surface area contributed by atoms with E-state index in [4.69, 9.17) is 32.7 Å². The van der Waals surface area contributed by atoms with Crippen molar-refractivity contribution in [1.29, 1.82) is 0 Å². The van der Waals surface area contributed by atoms with Crippen molar-refractivity contribution in [3.05, 3.63) is 103 Å². The number of ether oxygens (including phenoxy) is 1. The second kappa shape index (κ2) is 8.96. The molecule has 3 aliphatic rings. The molecule has 10 heteroatoms. The molecule has 0 saturated carbocycles. The van der Waals surface area contributed by atoms with E-state index in [1.54, 1.807) is 7.11 Å². The summed E-state index contributed by atoms with van der Waals surface area (Å²) in [6.07, 6.45) is 0. The molecule has 0 spiro atoms. The first kappa shape index (κ1) is 21.9. The van der Waals surface area contributed by atoms with Crippen molar-refractivity contribution in [3.8, 4) is 40.2 Å². The van der Waals surface area contributed by atoms with Crippen LogP contribution in [0.15, 0.2) is 97.1 Å². The Hall–Kier alpha value is -4.33. The van der Waals surface area contributed by atoms with Gasteiger partial charge in [-0.15, -0.1) is 0 Å². The highest BCUT2D eigenvalue weighted by molar-refractivity contribution is 6.73. The van der Waals surface area contributed by atoms with Crippen LogP contribution in [0.1, 0.15) is 11.4 Å². The SMILES string of the molecule is COc1ccc(C(B2Oc3ccccc3O2)C(B2Oc3ccccc3O2)B2Oc3ccccc3O2)cc1. The van der Waals surface area contributed by atoms with Crippen LogP contribution >= 0.6 is 0 Å². The maximum Gasteiger partial charge on any atom is 0.602 e. The van der Waals surface area contributed by atoms with Crippen LogP contribution < -0.4 is 32.7 Å². The number of fused-ring (bicyclic) bond motifs is 3. The van der Waals surface area contributed by atoms with Crippen LogP contribution in [0.5, 0.6) is 40.2 Å². The largest absolute Gasteiger partial charge is 0.602 e. The van der Waals surface area contributed by atoms with Gasteiger partial charge >= 0.3 is 21.4 Å². The number of para-hydroxylation sites is 6. The van der Waals surface area contributed by atoms with Crippen LogP contribution in [0.3, 0.4) is 0 Å². The Kier molecular flexibility index (Phi) is 5.31. The zero-order valence-electron chi connectivity index (χ0n) is 20.0. The fourth-order valence-electron chi connectivity index (χ4n) is 5.07. The van der Waals surface area contributed by atoms with E-state index in [0.717, 1.165) is 11.3 Å². The molecule has 7 nitrogen and oxygen atoms in total. The molecule has 0 bridgehead atoms. The fourth-order valence-corrected chi connectivity index (χ4v) is 5.07. The molecule has 37 heavy (non-hydrogen) atoms. The molecule has 4 aromatic carbocycles. The summed E-state index contributed by atoms with van der Waals surface area (Å²) in [5.41, 5.74) is 0.447. The predicted octanol–water partition coefficient (Wildman–Crippen LogP) is 5.11. The first-order valence-electron chi connectivity index (χ1n) is 12.2. The van der Waals surface area contributed by atoms with Crippen LogP contribution in [-0.2, 0) is 0 Å². The molecule has 180 valence electrons. The highest BCUT2D eigenvalue weighted by atomic mass is 16.7. The van der Waals surface area contributed by atoms with Crippen LogP contribution in [0.4, 0.5) is 0 Å². The first-order valence-corrected chi connectivity index (χ1v) is 12.2. The van der Waals surface area contributed by atoms with Crippen molar-refractivity contribution in [1.82, 2.24) is 0 Å². The average molecular weight is 490 g/mol. The van der Waals surface area contributed by atoms with Crippen LogP contribution in [0.25, 0.3) is 0 Å². The van der Waals surface area contributed by atoms with Gasteiger partial charge < -0.3 is 32.7 Å². The zero-order valence-corrected chi connectivity index (χ0v) is 20.0. The van der Waals surface area contributed by atoms with Gasteiger partial charge in [0.2, 0.25) is 0 Å². The molecule has 0 amide bonds. The van der Waals surface area contributed by atoms with Gasteiger partial charge in [0.05, 0.1) is 18.6 Å².